The normalized spacial score (nSPS) is 10.7. The number of amides is 1. The molecule has 0 aliphatic rings. The van der Waals surface area contributed by atoms with Crippen molar-refractivity contribution in [3.8, 4) is 0 Å². The lowest BCUT2D eigenvalue weighted by Crippen LogP contribution is -2.20. The summed E-state index contributed by atoms with van der Waals surface area (Å²) in [5.74, 6) is -1.44. The second-order valence-corrected chi connectivity index (χ2v) is 6.33. The SMILES string of the molecule is Cc1ccccc1Cn1cc(NC(=O)Cn2nc([N+](=O)[O-])c([N+](=O)[O-])c2C)cn1. The van der Waals surface area contributed by atoms with Crippen LogP contribution in [0.5, 0.6) is 0 Å². The Labute approximate surface area is 164 Å². The topological polar surface area (TPSA) is 151 Å². The average Bonchev–Trinajstić information content (AvgIpc) is 3.21. The molecule has 0 aliphatic carbocycles. The molecule has 1 aromatic carbocycles. The Bertz CT molecular complexity index is 1100. The summed E-state index contributed by atoms with van der Waals surface area (Å²) in [6.07, 6.45) is 3.11. The Morgan fingerprint density at radius 2 is 1.90 bits per heavy atom. The number of benzene rings is 1. The van der Waals surface area contributed by atoms with Gasteiger partial charge in [0.15, 0.2) is 0 Å². The highest BCUT2D eigenvalue weighted by Gasteiger charge is 2.35. The third-order valence-electron chi connectivity index (χ3n) is 4.32. The van der Waals surface area contributed by atoms with E-state index in [9.17, 15) is 25.0 Å². The Morgan fingerprint density at radius 3 is 2.52 bits per heavy atom. The maximum Gasteiger partial charge on any atom is 0.468 e. The summed E-state index contributed by atoms with van der Waals surface area (Å²) in [4.78, 5) is 32.4. The van der Waals surface area contributed by atoms with E-state index in [1.165, 1.54) is 13.1 Å². The van der Waals surface area contributed by atoms with E-state index in [0.29, 0.717) is 12.2 Å². The van der Waals surface area contributed by atoms with Crippen LogP contribution in [0.25, 0.3) is 0 Å². The van der Waals surface area contributed by atoms with Gasteiger partial charge >= 0.3 is 11.5 Å². The van der Waals surface area contributed by atoms with Crippen LogP contribution in [0.4, 0.5) is 17.2 Å². The van der Waals surface area contributed by atoms with E-state index >= 15 is 0 Å². The second kappa shape index (κ2) is 7.88. The lowest BCUT2D eigenvalue weighted by Gasteiger charge is -2.05. The molecule has 29 heavy (non-hydrogen) atoms. The number of rotatable bonds is 7. The van der Waals surface area contributed by atoms with Gasteiger partial charge in [-0.25, -0.2) is 0 Å². The van der Waals surface area contributed by atoms with Crippen LogP contribution < -0.4 is 5.32 Å². The zero-order valence-electron chi connectivity index (χ0n) is 15.6. The van der Waals surface area contributed by atoms with Crippen LogP contribution in [0.3, 0.4) is 0 Å². The number of nitrogens with zero attached hydrogens (tertiary/aromatic N) is 6. The van der Waals surface area contributed by atoms with Gasteiger partial charge in [-0.2, -0.15) is 9.78 Å². The van der Waals surface area contributed by atoms with Gasteiger partial charge in [-0.05, 0) is 29.9 Å². The first-order valence-corrected chi connectivity index (χ1v) is 8.49. The number of carbonyl (C=O) groups excluding carboxylic acids is 1. The van der Waals surface area contributed by atoms with Crippen LogP contribution in [0.15, 0.2) is 36.7 Å². The fourth-order valence-corrected chi connectivity index (χ4v) is 2.82. The largest absolute Gasteiger partial charge is 0.468 e. The van der Waals surface area contributed by atoms with Crippen LogP contribution in [0, 0.1) is 34.1 Å². The Kier molecular flexibility index (Phi) is 5.34. The number of carbonyl (C=O) groups is 1. The number of hydrogen-bond acceptors (Lipinski definition) is 7. The zero-order chi connectivity index (χ0) is 21.1. The Morgan fingerprint density at radius 1 is 1.17 bits per heavy atom. The van der Waals surface area contributed by atoms with Crippen molar-refractivity contribution in [1.82, 2.24) is 19.6 Å². The summed E-state index contributed by atoms with van der Waals surface area (Å²) in [5, 5.41) is 32.4. The molecule has 0 saturated carbocycles. The molecule has 12 nitrogen and oxygen atoms in total. The summed E-state index contributed by atoms with van der Waals surface area (Å²) in [7, 11) is 0. The van der Waals surface area contributed by atoms with Crippen LogP contribution in [0.2, 0.25) is 0 Å². The molecule has 0 radical (unpaired) electrons. The van der Waals surface area contributed by atoms with Gasteiger partial charge in [0.2, 0.25) is 5.91 Å². The number of anilines is 1. The Hall–Kier alpha value is -4.09. The molecule has 2 heterocycles. The lowest BCUT2D eigenvalue weighted by molar-refractivity contribution is -0.424. The number of hydrogen-bond donors (Lipinski definition) is 1. The van der Waals surface area contributed by atoms with Gasteiger partial charge < -0.3 is 15.4 Å². The molecule has 0 unspecified atom stereocenters. The second-order valence-electron chi connectivity index (χ2n) is 6.33. The van der Waals surface area contributed by atoms with Crippen molar-refractivity contribution >= 4 is 23.1 Å². The van der Waals surface area contributed by atoms with E-state index in [1.807, 2.05) is 31.2 Å². The molecule has 1 N–H and O–H groups in total. The van der Waals surface area contributed by atoms with Gasteiger partial charge in [0.25, 0.3) is 0 Å². The van der Waals surface area contributed by atoms with Crippen molar-refractivity contribution in [2.24, 2.45) is 0 Å². The molecule has 3 aromatic rings. The van der Waals surface area contributed by atoms with Gasteiger partial charge in [-0.3, -0.25) is 19.6 Å². The average molecular weight is 399 g/mol. The van der Waals surface area contributed by atoms with Crippen molar-refractivity contribution in [2.75, 3.05) is 5.32 Å². The maximum absolute atomic E-state index is 12.3. The standard InChI is InChI=1S/C17H17N7O5/c1-11-5-3-4-6-13(11)8-21-9-14(7-18-21)19-15(25)10-22-12(2)16(23(26)27)17(20-22)24(28)29/h3-7,9H,8,10H2,1-2H3,(H,19,25). The molecule has 150 valence electrons. The summed E-state index contributed by atoms with van der Waals surface area (Å²) in [5.41, 5.74) is 1.82. The van der Waals surface area contributed by atoms with Crippen molar-refractivity contribution in [1.29, 1.82) is 0 Å². The van der Waals surface area contributed by atoms with Gasteiger partial charge in [-0.15, -0.1) is 0 Å². The molecule has 12 heteroatoms. The molecular formula is C17H17N7O5. The third-order valence-corrected chi connectivity index (χ3v) is 4.32. The van der Waals surface area contributed by atoms with Crippen LogP contribution in [0.1, 0.15) is 16.8 Å². The lowest BCUT2D eigenvalue weighted by atomic mass is 10.1. The van der Waals surface area contributed by atoms with E-state index in [0.717, 1.165) is 15.8 Å². The monoisotopic (exact) mass is 399 g/mol. The highest BCUT2D eigenvalue weighted by molar-refractivity contribution is 5.90. The molecule has 0 atom stereocenters. The highest BCUT2D eigenvalue weighted by atomic mass is 16.6. The third kappa shape index (κ3) is 4.26. The van der Waals surface area contributed by atoms with Gasteiger partial charge in [0, 0.05) is 6.20 Å². The number of aryl methyl sites for hydroxylation is 1. The molecular weight excluding hydrogens is 382 g/mol. The summed E-state index contributed by atoms with van der Waals surface area (Å²) in [6, 6.07) is 7.85. The quantitative estimate of drug-likeness (QED) is 0.472. The summed E-state index contributed by atoms with van der Waals surface area (Å²) >= 11 is 0. The smallest absolute Gasteiger partial charge is 0.358 e. The van der Waals surface area contributed by atoms with E-state index in [1.54, 1.807) is 10.9 Å². The van der Waals surface area contributed by atoms with Crippen molar-refractivity contribution < 1.29 is 14.6 Å². The molecule has 0 aliphatic heterocycles. The van der Waals surface area contributed by atoms with Crippen molar-refractivity contribution in [2.45, 2.75) is 26.9 Å². The highest BCUT2D eigenvalue weighted by Crippen LogP contribution is 2.29. The fourth-order valence-electron chi connectivity index (χ4n) is 2.82. The first kappa shape index (κ1) is 19.7. The van der Waals surface area contributed by atoms with Crippen LogP contribution in [-0.2, 0) is 17.9 Å². The van der Waals surface area contributed by atoms with Crippen LogP contribution >= 0.6 is 0 Å². The first-order chi connectivity index (χ1) is 13.8. The van der Waals surface area contributed by atoms with E-state index in [-0.39, 0.29) is 5.69 Å². The van der Waals surface area contributed by atoms with E-state index in [2.05, 4.69) is 15.5 Å². The summed E-state index contributed by atoms with van der Waals surface area (Å²) in [6.45, 7) is 3.40. The van der Waals surface area contributed by atoms with Crippen molar-refractivity contribution in [3.63, 3.8) is 0 Å². The van der Waals surface area contributed by atoms with Gasteiger partial charge in [0.1, 0.15) is 12.2 Å². The van der Waals surface area contributed by atoms with Crippen LogP contribution in [-0.4, -0.2) is 35.3 Å². The zero-order valence-corrected chi connectivity index (χ0v) is 15.6. The van der Waals surface area contributed by atoms with E-state index < -0.39 is 33.8 Å². The first-order valence-electron chi connectivity index (χ1n) is 8.49. The number of aromatic nitrogens is 4. The molecule has 0 saturated heterocycles. The van der Waals surface area contributed by atoms with Gasteiger partial charge in [-0.1, -0.05) is 24.3 Å². The number of nitrogens with one attached hydrogen (secondary N) is 1. The Balaban J connectivity index is 1.70. The van der Waals surface area contributed by atoms with Gasteiger partial charge in [0.05, 0.1) is 28.5 Å². The number of nitro groups is 2. The minimum Gasteiger partial charge on any atom is -0.358 e. The predicted octanol–water partition coefficient (Wildman–Crippen LogP) is 2.20. The molecule has 1 amide bonds. The van der Waals surface area contributed by atoms with E-state index in [4.69, 9.17) is 0 Å². The minimum atomic E-state index is -0.949. The molecule has 0 bridgehead atoms. The fraction of sp³-hybridized carbons (Fsp3) is 0.235. The maximum atomic E-state index is 12.3. The molecule has 0 spiro atoms. The van der Waals surface area contributed by atoms with Crippen molar-refractivity contribution in [3.05, 3.63) is 73.7 Å². The molecule has 2 aromatic heterocycles. The molecule has 3 rings (SSSR count). The molecule has 0 fully saturated rings. The minimum absolute atomic E-state index is 0.0768. The predicted molar refractivity (Wildman–Crippen MR) is 101 cm³/mol. The summed E-state index contributed by atoms with van der Waals surface area (Å²) < 4.78 is 2.59.